The summed E-state index contributed by atoms with van der Waals surface area (Å²) in [7, 11) is 0. The Morgan fingerprint density at radius 2 is 1.89 bits per heavy atom. The Hall–Kier alpha value is -1.54. The lowest BCUT2D eigenvalue weighted by molar-refractivity contribution is -0.139. The molecular weight excluding hydrogens is 272 g/mol. The summed E-state index contributed by atoms with van der Waals surface area (Å²) in [5.74, 6) is -5.44. The number of nitrogens with one attached hydrogen (secondary N) is 2. The molecule has 0 unspecified atom stereocenters. The molecule has 19 heavy (non-hydrogen) atoms. The number of carbonyl (C=O) groups is 2. The number of rotatable bonds is 6. The molecule has 1 fully saturated rings. The number of halogens is 4. The largest absolute Gasteiger partial charge is 0.481 e. The standard InChI is InChI=1S/C10H14F4N2O3/c11-7(12)10(13,14)5-15-8(19)16-9(2-1-3-9)4-6(17)18/h7H,1-5H2,(H,17,18)(H2,15,16,19). The van der Waals surface area contributed by atoms with Gasteiger partial charge in [0.1, 0.15) is 0 Å². The number of hydrogen-bond donors (Lipinski definition) is 3. The van der Waals surface area contributed by atoms with Gasteiger partial charge in [-0.15, -0.1) is 0 Å². The van der Waals surface area contributed by atoms with Crippen molar-refractivity contribution in [2.75, 3.05) is 6.54 Å². The van der Waals surface area contributed by atoms with Crippen LogP contribution in [0.25, 0.3) is 0 Å². The maximum Gasteiger partial charge on any atom is 0.324 e. The quantitative estimate of drug-likeness (QED) is 0.649. The molecule has 9 heteroatoms. The van der Waals surface area contributed by atoms with Gasteiger partial charge in [-0.2, -0.15) is 8.78 Å². The van der Waals surface area contributed by atoms with Gasteiger partial charge >= 0.3 is 24.3 Å². The summed E-state index contributed by atoms with van der Waals surface area (Å²) in [5, 5.41) is 12.6. The van der Waals surface area contributed by atoms with Crippen molar-refractivity contribution in [2.45, 2.75) is 43.6 Å². The van der Waals surface area contributed by atoms with Crippen LogP contribution in [0.15, 0.2) is 0 Å². The predicted octanol–water partition coefficient (Wildman–Crippen LogP) is 1.58. The third-order valence-corrected chi connectivity index (χ3v) is 2.98. The maximum atomic E-state index is 12.6. The average Bonchev–Trinajstić information content (AvgIpc) is 2.22. The number of hydrogen-bond acceptors (Lipinski definition) is 2. The molecule has 1 aliphatic rings. The van der Waals surface area contributed by atoms with E-state index in [0.29, 0.717) is 19.3 Å². The van der Waals surface area contributed by atoms with Crippen LogP contribution in [0.2, 0.25) is 0 Å². The lowest BCUT2D eigenvalue weighted by atomic mass is 9.74. The topological polar surface area (TPSA) is 78.4 Å². The van der Waals surface area contributed by atoms with Crippen LogP contribution in [0.1, 0.15) is 25.7 Å². The van der Waals surface area contributed by atoms with Gasteiger partial charge in [-0.25, -0.2) is 13.6 Å². The van der Waals surface area contributed by atoms with Crippen molar-refractivity contribution in [1.29, 1.82) is 0 Å². The fourth-order valence-electron chi connectivity index (χ4n) is 1.80. The van der Waals surface area contributed by atoms with Crippen LogP contribution in [0.5, 0.6) is 0 Å². The Morgan fingerprint density at radius 3 is 2.26 bits per heavy atom. The fourth-order valence-corrected chi connectivity index (χ4v) is 1.80. The Labute approximate surface area is 106 Å². The highest BCUT2D eigenvalue weighted by Gasteiger charge is 2.43. The van der Waals surface area contributed by atoms with E-state index in [4.69, 9.17) is 5.11 Å². The van der Waals surface area contributed by atoms with Crippen molar-refractivity contribution in [3.8, 4) is 0 Å². The second-order valence-electron chi connectivity index (χ2n) is 4.57. The number of amides is 2. The van der Waals surface area contributed by atoms with E-state index < -0.39 is 36.4 Å². The van der Waals surface area contributed by atoms with E-state index >= 15 is 0 Å². The first-order valence-corrected chi connectivity index (χ1v) is 5.61. The molecule has 1 aliphatic carbocycles. The average molecular weight is 286 g/mol. The SMILES string of the molecule is O=C(O)CC1(NC(=O)NCC(F)(F)C(F)F)CCC1. The molecule has 110 valence electrons. The molecule has 0 aromatic rings. The first kappa shape index (κ1) is 15.5. The van der Waals surface area contributed by atoms with Crippen LogP contribution in [0.3, 0.4) is 0 Å². The third kappa shape index (κ3) is 4.25. The normalized spacial score (nSPS) is 17.7. The van der Waals surface area contributed by atoms with Gasteiger partial charge in [0.2, 0.25) is 0 Å². The molecule has 5 nitrogen and oxygen atoms in total. The summed E-state index contributed by atoms with van der Waals surface area (Å²) >= 11 is 0. The maximum absolute atomic E-state index is 12.6. The van der Waals surface area contributed by atoms with Gasteiger partial charge in [-0.3, -0.25) is 4.79 Å². The second kappa shape index (κ2) is 5.62. The first-order chi connectivity index (χ1) is 8.67. The van der Waals surface area contributed by atoms with Crippen LogP contribution in [0.4, 0.5) is 22.4 Å². The number of alkyl halides is 4. The molecule has 0 aromatic carbocycles. The number of carboxylic acid groups (broad SMARTS) is 1. The molecule has 3 N–H and O–H groups in total. The van der Waals surface area contributed by atoms with Crippen LogP contribution in [-0.2, 0) is 4.79 Å². The van der Waals surface area contributed by atoms with E-state index in [1.165, 1.54) is 0 Å². The Balaban J connectivity index is 2.44. The first-order valence-electron chi connectivity index (χ1n) is 5.61. The molecule has 0 spiro atoms. The van der Waals surface area contributed by atoms with Crippen molar-refractivity contribution in [3.05, 3.63) is 0 Å². The van der Waals surface area contributed by atoms with Crippen molar-refractivity contribution in [2.24, 2.45) is 0 Å². The van der Waals surface area contributed by atoms with E-state index in [1.54, 1.807) is 5.32 Å². The zero-order valence-corrected chi connectivity index (χ0v) is 9.89. The van der Waals surface area contributed by atoms with Crippen LogP contribution >= 0.6 is 0 Å². The van der Waals surface area contributed by atoms with Gasteiger partial charge in [-0.05, 0) is 19.3 Å². The molecule has 0 saturated heterocycles. The zero-order chi connectivity index (χ0) is 14.7. The Morgan fingerprint density at radius 1 is 1.32 bits per heavy atom. The van der Waals surface area contributed by atoms with E-state index in [9.17, 15) is 27.2 Å². The van der Waals surface area contributed by atoms with Gasteiger partial charge in [0, 0.05) is 0 Å². The molecule has 0 aliphatic heterocycles. The van der Waals surface area contributed by atoms with Crippen molar-refractivity contribution in [1.82, 2.24) is 10.6 Å². The molecular formula is C10H14F4N2O3. The highest BCUT2D eigenvalue weighted by atomic mass is 19.3. The summed E-state index contributed by atoms with van der Waals surface area (Å²) in [5.41, 5.74) is -0.962. The minimum absolute atomic E-state index is 0.328. The van der Waals surface area contributed by atoms with Crippen molar-refractivity contribution >= 4 is 12.0 Å². The molecule has 2 amide bonds. The fraction of sp³-hybridized carbons (Fsp3) is 0.800. The summed E-state index contributed by atoms with van der Waals surface area (Å²) in [6, 6.07) is -1.07. The van der Waals surface area contributed by atoms with Gasteiger partial charge in [0.05, 0.1) is 18.5 Å². The Bertz CT molecular complexity index is 359. The van der Waals surface area contributed by atoms with Gasteiger partial charge < -0.3 is 15.7 Å². The minimum atomic E-state index is -4.31. The number of aliphatic carboxylic acids is 1. The summed E-state index contributed by atoms with van der Waals surface area (Å²) < 4.78 is 48.8. The lowest BCUT2D eigenvalue weighted by Gasteiger charge is -2.41. The van der Waals surface area contributed by atoms with Crippen molar-refractivity contribution < 1.29 is 32.3 Å². The summed E-state index contributed by atoms with van der Waals surface area (Å²) in [6.45, 7) is -1.50. The van der Waals surface area contributed by atoms with E-state index in [-0.39, 0.29) is 6.42 Å². The molecule has 0 bridgehead atoms. The third-order valence-electron chi connectivity index (χ3n) is 2.98. The molecule has 0 radical (unpaired) electrons. The highest BCUT2D eigenvalue weighted by molar-refractivity contribution is 5.77. The molecule has 1 rings (SSSR count). The van der Waals surface area contributed by atoms with Crippen LogP contribution in [-0.4, -0.2) is 41.5 Å². The van der Waals surface area contributed by atoms with Crippen molar-refractivity contribution in [3.63, 3.8) is 0 Å². The van der Waals surface area contributed by atoms with Gasteiger partial charge in [0.25, 0.3) is 0 Å². The molecule has 0 heterocycles. The summed E-state index contributed by atoms with van der Waals surface area (Å²) in [6.07, 6.45) is -2.66. The predicted molar refractivity (Wildman–Crippen MR) is 56.3 cm³/mol. The van der Waals surface area contributed by atoms with Gasteiger partial charge in [0.15, 0.2) is 0 Å². The smallest absolute Gasteiger partial charge is 0.324 e. The Kier molecular flexibility index (Phi) is 4.59. The lowest BCUT2D eigenvalue weighted by Crippen LogP contribution is -2.58. The minimum Gasteiger partial charge on any atom is -0.481 e. The van der Waals surface area contributed by atoms with E-state index in [1.807, 2.05) is 0 Å². The highest BCUT2D eigenvalue weighted by Crippen LogP contribution is 2.34. The van der Waals surface area contributed by atoms with E-state index in [0.717, 1.165) is 0 Å². The van der Waals surface area contributed by atoms with E-state index in [2.05, 4.69) is 5.32 Å². The number of carboxylic acids is 1. The van der Waals surface area contributed by atoms with Gasteiger partial charge in [-0.1, -0.05) is 0 Å². The van der Waals surface area contributed by atoms with Crippen LogP contribution < -0.4 is 10.6 Å². The number of urea groups is 1. The number of carbonyl (C=O) groups excluding carboxylic acids is 1. The molecule has 0 atom stereocenters. The molecule has 0 aromatic heterocycles. The monoisotopic (exact) mass is 286 g/mol. The zero-order valence-electron chi connectivity index (χ0n) is 9.89. The summed E-state index contributed by atoms with van der Waals surface area (Å²) in [4.78, 5) is 21.9. The molecule has 1 saturated carbocycles. The second-order valence-corrected chi connectivity index (χ2v) is 4.57. The van der Waals surface area contributed by atoms with Crippen LogP contribution in [0, 0.1) is 0 Å².